The third-order valence-corrected chi connectivity index (χ3v) is 4.45. The summed E-state index contributed by atoms with van der Waals surface area (Å²) in [5.74, 6) is -1.48. The van der Waals surface area contributed by atoms with Crippen LogP contribution in [-0.4, -0.2) is 28.5 Å². The van der Waals surface area contributed by atoms with Gasteiger partial charge in [-0.1, -0.05) is 0 Å². The lowest BCUT2D eigenvalue weighted by Crippen LogP contribution is -2.39. The number of amides is 1. The molecule has 1 heterocycles. The van der Waals surface area contributed by atoms with Crippen LogP contribution in [0.15, 0.2) is 27.6 Å². The van der Waals surface area contributed by atoms with E-state index in [-0.39, 0.29) is 21.7 Å². The highest BCUT2D eigenvalue weighted by molar-refractivity contribution is 9.10. The summed E-state index contributed by atoms with van der Waals surface area (Å²) in [5.41, 5.74) is -1.38. The summed E-state index contributed by atoms with van der Waals surface area (Å²) in [6.07, 6.45) is -1.44. The topological polar surface area (TPSA) is 60.3 Å². The summed E-state index contributed by atoms with van der Waals surface area (Å²) in [5, 5.41) is 2.28. The van der Waals surface area contributed by atoms with Crippen molar-refractivity contribution in [3.63, 3.8) is 0 Å². The Morgan fingerprint density at radius 2 is 1.89 bits per heavy atom. The molecule has 0 bridgehead atoms. The smallest absolute Gasteiger partial charge is 0.407 e. The summed E-state index contributed by atoms with van der Waals surface area (Å²) < 4.78 is 48.4. The molecule has 28 heavy (non-hydrogen) atoms. The van der Waals surface area contributed by atoms with Crippen LogP contribution in [0.25, 0.3) is 10.8 Å². The van der Waals surface area contributed by atoms with Crippen molar-refractivity contribution in [3.8, 4) is 0 Å². The van der Waals surface area contributed by atoms with E-state index in [2.05, 4.69) is 21.2 Å². The Balaban J connectivity index is 2.11. The molecule has 0 aliphatic heterocycles. The zero-order chi connectivity index (χ0) is 21.2. The summed E-state index contributed by atoms with van der Waals surface area (Å²) in [4.78, 5) is 24.2. The second-order valence-corrected chi connectivity index (χ2v) is 8.48. The van der Waals surface area contributed by atoms with Crippen molar-refractivity contribution in [1.29, 1.82) is 0 Å². The fourth-order valence-corrected chi connectivity index (χ4v) is 3.06. The van der Waals surface area contributed by atoms with Crippen LogP contribution in [0.5, 0.6) is 0 Å². The van der Waals surface area contributed by atoms with Gasteiger partial charge in [-0.15, -0.1) is 0 Å². The number of carbonyl (C=O) groups is 1. The molecule has 2 atom stereocenters. The molecular formula is C19H22BrF3N2O3. The fourth-order valence-electron chi connectivity index (χ4n) is 2.72. The van der Waals surface area contributed by atoms with Gasteiger partial charge in [-0.25, -0.2) is 18.0 Å². The van der Waals surface area contributed by atoms with E-state index in [1.807, 2.05) is 0 Å². The number of halogens is 4. The van der Waals surface area contributed by atoms with E-state index < -0.39 is 47.6 Å². The first-order valence-electron chi connectivity index (χ1n) is 8.68. The predicted octanol–water partition coefficient (Wildman–Crippen LogP) is 4.68. The van der Waals surface area contributed by atoms with Gasteiger partial charge >= 0.3 is 6.09 Å². The van der Waals surface area contributed by atoms with Crippen LogP contribution in [-0.2, 0) is 11.3 Å². The number of carbonyl (C=O) groups excluding carboxylic acids is 1. The lowest BCUT2D eigenvalue weighted by molar-refractivity contribution is 0.0499. The van der Waals surface area contributed by atoms with E-state index >= 15 is 0 Å². The Kier molecular flexibility index (Phi) is 6.80. The number of alkyl halides is 1. The Morgan fingerprint density at radius 1 is 1.25 bits per heavy atom. The number of hydrogen-bond donors (Lipinski definition) is 1. The Bertz CT molecular complexity index is 941. The van der Waals surface area contributed by atoms with Crippen molar-refractivity contribution in [3.05, 3.63) is 44.8 Å². The number of nitrogens with one attached hydrogen (secondary N) is 1. The number of hydrogen-bond acceptors (Lipinski definition) is 3. The Hall–Kier alpha value is -2.03. The molecule has 1 N–H and O–H groups in total. The number of aromatic nitrogens is 1. The third kappa shape index (κ3) is 5.73. The van der Waals surface area contributed by atoms with Gasteiger partial charge in [0.05, 0.1) is 16.4 Å². The van der Waals surface area contributed by atoms with Crippen LogP contribution < -0.4 is 10.9 Å². The first-order chi connectivity index (χ1) is 12.9. The van der Waals surface area contributed by atoms with Crippen LogP contribution in [0.4, 0.5) is 18.0 Å². The number of nitrogens with zero attached hydrogens (tertiary/aromatic N) is 1. The molecule has 1 amide bonds. The average Bonchev–Trinajstić information content (AvgIpc) is 2.52. The number of ether oxygens (including phenoxy) is 1. The maximum Gasteiger partial charge on any atom is 0.407 e. The molecule has 0 saturated carbocycles. The predicted molar refractivity (Wildman–Crippen MR) is 104 cm³/mol. The molecule has 1 aromatic carbocycles. The molecule has 0 unspecified atom stereocenters. The molecule has 0 aliphatic rings. The van der Waals surface area contributed by atoms with E-state index in [0.29, 0.717) is 0 Å². The summed E-state index contributed by atoms with van der Waals surface area (Å²) in [7, 11) is 0. The molecule has 154 valence electrons. The number of alkyl carbamates (subject to hydrolysis) is 1. The quantitative estimate of drug-likeness (QED) is 0.701. The third-order valence-electron chi connectivity index (χ3n) is 3.85. The molecule has 2 aromatic rings. The van der Waals surface area contributed by atoms with Crippen molar-refractivity contribution in [2.75, 3.05) is 0 Å². The normalized spacial score (nSPS) is 14.0. The highest BCUT2D eigenvalue weighted by Crippen LogP contribution is 2.23. The van der Waals surface area contributed by atoms with E-state index in [0.717, 1.165) is 16.8 Å². The van der Waals surface area contributed by atoms with E-state index in [9.17, 15) is 22.8 Å². The van der Waals surface area contributed by atoms with Crippen molar-refractivity contribution < 1.29 is 22.7 Å². The van der Waals surface area contributed by atoms with Gasteiger partial charge < -0.3 is 14.6 Å². The zero-order valence-electron chi connectivity index (χ0n) is 16.0. The molecule has 5 nitrogen and oxygen atoms in total. The molecule has 2 rings (SSSR count). The van der Waals surface area contributed by atoms with Gasteiger partial charge in [0.1, 0.15) is 23.4 Å². The molecule has 0 radical (unpaired) electrons. The number of rotatable bonds is 5. The van der Waals surface area contributed by atoms with Gasteiger partial charge in [0, 0.05) is 24.0 Å². The van der Waals surface area contributed by atoms with E-state index in [1.165, 1.54) is 6.07 Å². The molecule has 0 fully saturated rings. The van der Waals surface area contributed by atoms with Gasteiger partial charge in [0.25, 0.3) is 5.56 Å². The van der Waals surface area contributed by atoms with Crippen LogP contribution >= 0.6 is 15.9 Å². The Morgan fingerprint density at radius 3 is 2.50 bits per heavy atom. The molecule has 0 spiro atoms. The van der Waals surface area contributed by atoms with Crippen molar-refractivity contribution in [2.24, 2.45) is 0 Å². The molecule has 1 aromatic heterocycles. The lowest BCUT2D eigenvalue weighted by atomic mass is 10.1. The van der Waals surface area contributed by atoms with Crippen molar-refractivity contribution in [2.45, 2.75) is 58.5 Å². The van der Waals surface area contributed by atoms with Gasteiger partial charge in [-0.3, -0.25) is 4.79 Å². The van der Waals surface area contributed by atoms with Crippen molar-refractivity contribution in [1.82, 2.24) is 9.88 Å². The monoisotopic (exact) mass is 462 g/mol. The highest BCUT2D eigenvalue weighted by Gasteiger charge is 2.21. The molecular weight excluding hydrogens is 441 g/mol. The minimum absolute atomic E-state index is 0.0291. The van der Waals surface area contributed by atoms with Gasteiger partial charge in [0.2, 0.25) is 0 Å². The summed E-state index contributed by atoms with van der Waals surface area (Å²) in [6.45, 7) is 6.28. The van der Waals surface area contributed by atoms with Gasteiger partial charge in [-0.2, -0.15) is 0 Å². The van der Waals surface area contributed by atoms with E-state index in [1.54, 1.807) is 27.7 Å². The minimum atomic E-state index is -1.54. The average molecular weight is 463 g/mol. The van der Waals surface area contributed by atoms with Crippen LogP contribution in [0.1, 0.15) is 34.1 Å². The first kappa shape index (κ1) is 22.3. The van der Waals surface area contributed by atoms with Crippen LogP contribution in [0.2, 0.25) is 0 Å². The molecule has 0 saturated heterocycles. The second-order valence-electron chi connectivity index (χ2n) is 7.63. The van der Waals surface area contributed by atoms with Gasteiger partial charge in [0.15, 0.2) is 0 Å². The maximum atomic E-state index is 14.4. The maximum absolute atomic E-state index is 14.4. The number of pyridine rings is 1. The lowest BCUT2D eigenvalue weighted by Gasteiger charge is -2.22. The van der Waals surface area contributed by atoms with Crippen LogP contribution in [0, 0.1) is 11.6 Å². The number of fused-ring (bicyclic) bond motifs is 1. The fraction of sp³-hybridized carbons (Fsp3) is 0.474. The van der Waals surface area contributed by atoms with Crippen LogP contribution in [0.3, 0.4) is 0 Å². The molecule has 9 heteroatoms. The minimum Gasteiger partial charge on any atom is -0.444 e. The first-order valence-corrected chi connectivity index (χ1v) is 9.48. The van der Waals surface area contributed by atoms with Crippen molar-refractivity contribution >= 4 is 32.8 Å². The standard InChI is InChI=1S/C19H22BrF3N2O3/c1-10(24-18(27)28-19(2,3)4)5-11(21)8-25-9-16(23)12-6-14(20)15(22)7-13(12)17(25)26/h6-7,9-11H,5,8H2,1-4H3,(H,24,27)/t10-,11+/m0/s1. The largest absolute Gasteiger partial charge is 0.444 e. The Labute approximate surface area is 169 Å². The van der Waals surface area contributed by atoms with Gasteiger partial charge in [-0.05, 0) is 55.8 Å². The van der Waals surface area contributed by atoms with E-state index in [4.69, 9.17) is 4.74 Å². The second kappa shape index (κ2) is 8.55. The summed E-state index contributed by atoms with van der Waals surface area (Å²) in [6, 6.07) is 1.52. The number of benzene rings is 1. The highest BCUT2D eigenvalue weighted by atomic mass is 79.9. The molecule has 0 aliphatic carbocycles. The SMILES string of the molecule is C[C@@H](C[C@@H](F)Cn1cc(F)c2cc(Br)c(F)cc2c1=O)NC(=O)OC(C)(C)C. The zero-order valence-corrected chi connectivity index (χ0v) is 17.6. The summed E-state index contributed by atoms with van der Waals surface area (Å²) >= 11 is 2.94.